The van der Waals surface area contributed by atoms with Gasteiger partial charge in [0, 0.05) is 6.08 Å². The normalized spacial score (nSPS) is 16.3. The maximum absolute atomic E-state index is 12.9. The highest BCUT2D eigenvalue weighted by molar-refractivity contribution is 5.87. The Balaban J connectivity index is 1.82. The van der Waals surface area contributed by atoms with Gasteiger partial charge in [-0.05, 0) is 59.8 Å². The van der Waals surface area contributed by atoms with Gasteiger partial charge in [-0.15, -0.1) is 0 Å². The van der Waals surface area contributed by atoms with E-state index in [0.717, 1.165) is 18.4 Å². The fourth-order valence-electron chi connectivity index (χ4n) is 3.97. The Labute approximate surface area is 199 Å². The van der Waals surface area contributed by atoms with Crippen molar-refractivity contribution in [3.63, 3.8) is 0 Å². The third-order valence-corrected chi connectivity index (χ3v) is 6.20. The molecular weight excluding hydrogens is 412 g/mol. The summed E-state index contributed by atoms with van der Waals surface area (Å²) in [5.41, 5.74) is 2.42. The van der Waals surface area contributed by atoms with Gasteiger partial charge in [0.05, 0.1) is 5.41 Å². The Morgan fingerprint density at radius 1 is 0.909 bits per heavy atom. The molecule has 0 amide bonds. The fraction of sp³-hybridized carbons (Fsp3) is 0.517. The van der Waals surface area contributed by atoms with Crippen LogP contribution in [0.4, 0.5) is 0 Å². The molecule has 0 radical (unpaired) electrons. The monoisotopic (exact) mass is 452 g/mol. The van der Waals surface area contributed by atoms with E-state index < -0.39 is 11.4 Å². The zero-order valence-corrected chi connectivity index (χ0v) is 21.4. The van der Waals surface area contributed by atoms with Gasteiger partial charge < -0.3 is 9.47 Å². The second-order valence-electron chi connectivity index (χ2n) is 11.2. The number of hydrogen-bond acceptors (Lipinski definition) is 4. The minimum Gasteiger partial charge on any atom is -0.462 e. The second-order valence-corrected chi connectivity index (χ2v) is 11.2. The first-order valence-corrected chi connectivity index (χ1v) is 11.8. The predicted octanol–water partition coefficient (Wildman–Crippen LogP) is 7.01. The topological polar surface area (TPSA) is 52.6 Å². The van der Waals surface area contributed by atoms with E-state index in [1.54, 1.807) is 6.08 Å². The predicted molar refractivity (Wildman–Crippen MR) is 135 cm³/mol. The van der Waals surface area contributed by atoms with Gasteiger partial charge in [-0.25, -0.2) is 4.79 Å². The largest absolute Gasteiger partial charge is 0.462 e. The van der Waals surface area contributed by atoms with Crippen molar-refractivity contribution in [2.45, 2.75) is 67.7 Å². The summed E-state index contributed by atoms with van der Waals surface area (Å²) in [6, 6.07) is 8.06. The average Bonchev–Trinajstić information content (AvgIpc) is 2.74. The molecule has 0 fully saturated rings. The Bertz CT molecular complexity index is 904. The van der Waals surface area contributed by atoms with Crippen LogP contribution in [0, 0.1) is 16.2 Å². The molecule has 4 nitrogen and oxygen atoms in total. The SMILES string of the molecule is CC(C)(C)CC(C)(C(=O)OCCOC(=O)/C=C/c1ccc(C2=CCCC=C2)cc1)C(C)(C)C. The van der Waals surface area contributed by atoms with E-state index in [9.17, 15) is 9.59 Å². The Morgan fingerprint density at radius 2 is 1.55 bits per heavy atom. The lowest BCUT2D eigenvalue weighted by Crippen LogP contribution is -2.44. The third-order valence-electron chi connectivity index (χ3n) is 6.20. The van der Waals surface area contributed by atoms with Crippen LogP contribution in [0.5, 0.6) is 0 Å². The molecule has 1 aromatic carbocycles. The summed E-state index contributed by atoms with van der Waals surface area (Å²) in [6.07, 6.45) is 12.6. The van der Waals surface area contributed by atoms with Gasteiger partial charge in [-0.2, -0.15) is 0 Å². The molecule has 2 rings (SSSR count). The number of hydrogen-bond donors (Lipinski definition) is 0. The molecule has 0 aromatic heterocycles. The van der Waals surface area contributed by atoms with Crippen molar-refractivity contribution in [1.29, 1.82) is 0 Å². The first kappa shape index (κ1) is 26.6. The summed E-state index contributed by atoms with van der Waals surface area (Å²) in [4.78, 5) is 25.0. The minimum atomic E-state index is -0.634. The molecule has 0 spiro atoms. The zero-order chi connectivity index (χ0) is 24.7. The fourth-order valence-corrected chi connectivity index (χ4v) is 3.97. The molecule has 0 N–H and O–H groups in total. The average molecular weight is 453 g/mol. The Hall–Kier alpha value is -2.62. The number of rotatable bonds is 8. The first-order chi connectivity index (χ1) is 15.3. The molecule has 0 aliphatic heterocycles. The van der Waals surface area contributed by atoms with Crippen LogP contribution < -0.4 is 0 Å². The number of carbonyl (C=O) groups excluding carboxylic acids is 2. The number of carbonyl (C=O) groups is 2. The van der Waals surface area contributed by atoms with Crippen LogP contribution in [0.3, 0.4) is 0 Å². The van der Waals surface area contributed by atoms with Crippen LogP contribution in [-0.4, -0.2) is 25.2 Å². The van der Waals surface area contributed by atoms with Gasteiger partial charge in [-0.1, -0.05) is 84.0 Å². The van der Waals surface area contributed by atoms with Crippen molar-refractivity contribution in [2.75, 3.05) is 13.2 Å². The van der Waals surface area contributed by atoms with Crippen LogP contribution in [0.15, 0.2) is 48.6 Å². The minimum absolute atomic E-state index is 0.0133. The molecule has 0 bridgehead atoms. The molecule has 0 saturated heterocycles. The number of esters is 2. The number of ether oxygens (including phenoxy) is 2. The summed E-state index contributed by atoms with van der Waals surface area (Å²) in [7, 11) is 0. The third kappa shape index (κ3) is 8.03. The summed E-state index contributed by atoms with van der Waals surface area (Å²) < 4.78 is 10.7. The molecule has 1 aliphatic rings. The van der Waals surface area contributed by atoms with E-state index in [4.69, 9.17) is 9.47 Å². The van der Waals surface area contributed by atoms with Crippen molar-refractivity contribution in [2.24, 2.45) is 16.2 Å². The summed E-state index contributed by atoms with van der Waals surface area (Å²) in [5, 5.41) is 0. The van der Waals surface area contributed by atoms with Crippen molar-refractivity contribution in [3.8, 4) is 0 Å². The van der Waals surface area contributed by atoms with Gasteiger partial charge in [-0.3, -0.25) is 4.79 Å². The van der Waals surface area contributed by atoms with Crippen LogP contribution >= 0.6 is 0 Å². The molecule has 33 heavy (non-hydrogen) atoms. The summed E-state index contributed by atoms with van der Waals surface area (Å²) in [5.74, 6) is -0.708. The van der Waals surface area contributed by atoms with E-state index in [1.807, 2.05) is 19.1 Å². The van der Waals surface area contributed by atoms with E-state index in [-0.39, 0.29) is 30.0 Å². The quantitative estimate of drug-likeness (QED) is 0.242. The van der Waals surface area contributed by atoms with Crippen molar-refractivity contribution < 1.29 is 19.1 Å². The highest BCUT2D eigenvalue weighted by Crippen LogP contribution is 2.47. The maximum atomic E-state index is 12.9. The van der Waals surface area contributed by atoms with Gasteiger partial charge in [0.25, 0.3) is 0 Å². The van der Waals surface area contributed by atoms with E-state index in [0.29, 0.717) is 6.42 Å². The molecule has 1 atom stereocenters. The standard InChI is InChI=1S/C29H40O4/c1-27(2,3)21-29(7,28(4,5)6)26(31)33-20-19-32-25(30)18-15-22-13-16-24(17-14-22)23-11-9-8-10-12-23/h9,11-18H,8,10,19-21H2,1-7H3/b18-15+. The number of benzene rings is 1. The van der Waals surface area contributed by atoms with Crippen molar-refractivity contribution >= 4 is 23.6 Å². The molecule has 0 saturated carbocycles. The van der Waals surface area contributed by atoms with Crippen LogP contribution in [-0.2, 0) is 19.1 Å². The van der Waals surface area contributed by atoms with E-state index in [2.05, 4.69) is 71.9 Å². The second kappa shape index (κ2) is 11.0. The molecule has 1 aromatic rings. The lowest BCUT2D eigenvalue weighted by Gasteiger charge is -2.43. The van der Waals surface area contributed by atoms with E-state index in [1.165, 1.54) is 17.2 Å². The highest BCUT2D eigenvalue weighted by Gasteiger charge is 2.47. The lowest BCUT2D eigenvalue weighted by atomic mass is 9.61. The van der Waals surface area contributed by atoms with Crippen LogP contribution in [0.25, 0.3) is 11.6 Å². The molecule has 180 valence electrons. The summed E-state index contributed by atoms with van der Waals surface area (Å²) >= 11 is 0. The van der Waals surface area contributed by atoms with Gasteiger partial charge in [0.2, 0.25) is 0 Å². The molecular formula is C29H40O4. The van der Waals surface area contributed by atoms with Crippen molar-refractivity contribution in [1.82, 2.24) is 0 Å². The van der Waals surface area contributed by atoms with Gasteiger partial charge >= 0.3 is 11.9 Å². The number of allylic oxidation sites excluding steroid dienone is 4. The van der Waals surface area contributed by atoms with Gasteiger partial charge in [0.1, 0.15) is 13.2 Å². The van der Waals surface area contributed by atoms with Gasteiger partial charge in [0.15, 0.2) is 0 Å². The Kier molecular flexibility index (Phi) is 8.88. The lowest BCUT2D eigenvalue weighted by molar-refractivity contribution is -0.167. The molecule has 4 heteroatoms. The van der Waals surface area contributed by atoms with E-state index >= 15 is 0 Å². The van der Waals surface area contributed by atoms with Crippen LogP contribution in [0.2, 0.25) is 0 Å². The first-order valence-electron chi connectivity index (χ1n) is 11.8. The Morgan fingerprint density at radius 3 is 2.09 bits per heavy atom. The highest BCUT2D eigenvalue weighted by atomic mass is 16.6. The zero-order valence-electron chi connectivity index (χ0n) is 21.4. The maximum Gasteiger partial charge on any atom is 0.330 e. The smallest absolute Gasteiger partial charge is 0.330 e. The molecule has 0 heterocycles. The summed E-state index contributed by atoms with van der Waals surface area (Å²) in [6.45, 7) is 14.6. The molecule has 1 unspecified atom stereocenters. The molecule has 1 aliphatic carbocycles. The van der Waals surface area contributed by atoms with Crippen LogP contribution in [0.1, 0.15) is 78.9 Å². The van der Waals surface area contributed by atoms with Crippen molar-refractivity contribution in [3.05, 3.63) is 59.7 Å².